The Bertz CT molecular complexity index is 179. The van der Waals surface area contributed by atoms with E-state index in [1.807, 2.05) is 0 Å². The van der Waals surface area contributed by atoms with E-state index in [1.165, 1.54) is 12.8 Å². The van der Waals surface area contributed by atoms with Gasteiger partial charge in [0.2, 0.25) is 0 Å². The number of hydrogen-bond acceptors (Lipinski definition) is 1. The van der Waals surface area contributed by atoms with Crippen molar-refractivity contribution in [1.82, 2.24) is 4.90 Å². The van der Waals surface area contributed by atoms with Crippen LogP contribution in [-0.2, 0) is 0 Å². The average molecular weight is 215 g/mol. The summed E-state index contributed by atoms with van der Waals surface area (Å²) in [6.45, 7) is 10.0. The van der Waals surface area contributed by atoms with Crippen molar-refractivity contribution in [3.8, 4) is 0 Å². The maximum absolute atomic E-state index is 12.5. The van der Waals surface area contributed by atoms with Gasteiger partial charge in [-0.2, -0.15) is 0 Å². The number of likely N-dealkylation sites (tertiary alicyclic amines) is 1. The van der Waals surface area contributed by atoms with Crippen LogP contribution in [0.15, 0.2) is 0 Å². The van der Waals surface area contributed by atoms with Crippen molar-refractivity contribution in [1.29, 1.82) is 0 Å². The van der Waals surface area contributed by atoms with Gasteiger partial charge in [-0.15, -0.1) is 0 Å². The van der Waals surface area contributed by atoms with Gasteiger partial charge in [-0.05, 0) is 51.5 Å². The van der Waals surface area contributed by atoms with Crippen LogP contribution in [-0.4, -0.2) is 30.2 Å². The summed E-state index contributed by atoms with van der Waals surface area (Å²) in [6.07, 6.45) is 3.21. The molecule has 2 heteroatoms. The van der Waals surface area contributed by atoms with Crippen molar-refractivity contribution in [3.05, 3.63) is 0 Å². The van der Waals surface area contributed by atoms with Gasteiger partial charge in [-0.25, -0.2) is 0 Å². The number of nitrogens with zero attached hydrogens (tertiary/aromatic N) is 1. The fourth-order valence-corrected chi connectivity index (χ4v) is 2.80. The lowest BCUT2D eigenvalue weighted by atomic mass is 9.81. The molecule has 1 rings (SSSR count). The summed E-state index contributed by atoms with van der Waals surface area (Å²) in [5.41, 5.74) is 0. The van der Waals surface area contributed by atoms with Crippen LogP contribution in [0.4, 0.5) is 4.39 Å². The average Bonchev–Trinajstić information content (AvgIpc) is 2.17. The number of hydrogen-bond donors (Lipinski definition) is 0. The first-order chi connectivity index (χ1) is 7.06. The topological polar surface area (TPSA) is 3.24 Å². The van der Waals surface area contributed by atoms with Gasteiger partial charge in [-0.1, -0.05) is 13.8 Å². The molecule has 1 nitrogen and oxygen atoms in total. The number of alkyl halides is 1. The Morgan fingerprint density at radius 1 is 1.27 bits per heavy atom. The van der Waals surface area contributed by atoms with E-state index in [9.17, 15) is 4.39 Å². The second-order valence-electron chi connectivity index (χ2n) is 5.49. The first-order valence-corrected chi connectivity index (χ1v) is 6.38. The third kappa shape index (κ3) is 3.44. The molecule has 0 aromatic carbocycles. The highest BCUT2D eigenvalue weighted by molar-refractivity contribution is 4.84. The zero-order chi connectivity index (χ0) is 11.4. The van der Waals surface area contributed by atoms with E-state index in [4.69, 9.17) is 0 Å². The Morgan fingerprint density at radius 2 is 1.93 bits per heavy atom. The van der Waals surface area contributed by atoms with Crippen molar-refractivity contribution in [2.45, 2.75) is 59.0 Å². The van der Waals surface area contributed by atoms with Crippen LogP contribution in [0.2, 0.25) is 0 Å². The van der Waals surface area contributed by atoms with E-state index in [-0.39, 0.29) is 6.67 Å². The summed E-state index contributed by atoms with van der Waals surface area (Å²) in [4.78, 5) is 2.48. The lowest BCUT2D eigenvalue weighted by Crippen LogP contribution is -2.47. The summed E-state index contributed by atoms with van der Waals surface area (Å²) in [5.74, 6) is 1.55. The molecule has 1 heterocycles. The number of rotatable bonds is 4. The van der Waals surface area contributed by atoms with Crippen LogP contribution in [0.3, 0.4) is 0 Å². The molecular weight excluding hydrogens is 189 g/mol. The maximum atomic E-state index is 12.5. The highest BCUT2D eigenvalue weighted by Gasteiger charge is 2.30. The summed E-state index contributed by atoms with van der Waals surface area (Å²) < 4.78 is 12.5. The molecule has 0 N–H and O–H groups in total. The van der Waals surface area contributed by atoms with Gasteiger partial charge in [0.15, 0.2) is 0 Å². The molecule has 1 saturated heterocycles. The van der Waals surface area contributed by atoms with Crippen LogP contribution in [0.25, 0.3) is 0 Å². The molecule has 0 aliphatic carbocycles. The van der Waals surface area contributed by atoms with Gasteiger partial charge >= 0.3 is 0 Å². The molecule has 0 saturated carbocycles. The lowest BCUT2D eigenvalue weighted by molar-refractivity contribution is 0.0578. The second-order valence-corrected chi connectivity index (χ2v) is 5.49. The standard InChI is InChI=1S/C13H26FN/c1-10(2)12-6-8-15(11(3)4)13(9-12)5-7-14/h10-13H,5-9H2,1-4H3/t12?,13-/m1/s1. The van der Waals surface area contributed by atoms with Gasteiger partial charge in [0.25, 0.3) is 0 Å². The zero-order valence-electron chi connectivity index (χ0n) is 10.7. The normalized spacial score (nSPS) is 29.0. The molecule has 1 aliphatic heterocycles. The van der Waals surface area contributed by atoms with Crippen molar-refractivity contribution in [2.24, 2.45) is 11.8 Å². The fourth-order valence-electron chi connectivity index (χ4n) is 2.80. The first-order valence-electron chi connectivity index (χ1n) is 6.38. The van der Waals surface area contributed by atoms with Gasteiger partial charge in [0.05, 0.1) is 6.67 Å². The van der Waals surface area contributed by atoms with Crippen LogP contribution >= 0.6 is 0 Å². The van der Waals surface area contributed by atoms with Gasteiger partial charge in [-0.3, -0.25) is 9.29 Å². The van der Waals surface area contributed by atoms with E-state index in [0.717, 1.165) is 24.8 Å². The van der Waals surface area contributed by atoms with Crippen molar-refractivity contribution in [2.75, 3.05) is 13.2 Å². The third-order valence-corrected chi connectivity index (χ3v) is 3.85. The summed E-state index contributed by atoms with van der Waals surface area (Å²) in [6, 6.07) is 1.05. The predicted molar refractivity (Wildman–Crippen MR) is 63.8 cm³/mol. The summed E-state index contributed by atoms with van der Waals surface area (Å²) in [5, 5.41) is 0. The molecule has 90 valence electrons. The highest BCUT2D eigenvalue weighted by Crippen LogP contribution is 2.31. The Hall–Kier alpha value is -0.110. The third-order valence-electron chi connectivity index (χ3n) is 3.85. The summed E-state index contributed by atoms with van der Waals surface area (Å²) >= 11 is 0. The molecule has 2 atom stereocenters. The SMILES string of the molecule is CC(C)C1CCN(C(C)C)[C@H](CCF)C1. The molecule has 0 amide bonds. The summed E-state index contributed by atoms with van der Waals surface area (Å²) in [7, 11) is 0. The van der Waals surface area contributed by atoms with Gasteiger partial charge in [0.1, 0.15) is 0 Å². The lowest BCUT2D eigenvalue weighted by Gasteiger charge is -2.43. The van der Waals surface area contributed by atoms with E-state index in [1.54, 1.807) is 0 Å². The molecule has 0 spiro atoms. The van der Waals surface area contributed by atoms with E-state index in [2.05, 4.69) is 32.6 Å². The molecular formula is C13H26FN. The molecule has 15 heavy (non-hydrogen) atoms. The van der Waals surface area contributed by atoms with Crippen molar-refractivity contribution in [3.63, 3.8) is 0 Å². The van der Waals surface area contributed by atoms with Gasteiger partial charge in [0, 0.05) is 12.1 Å². The number of piperidine rings is 1. The largest absolute Gasteiger partial charge is 0.298 e. The quantitative estimate of drug-likeness (QED) is 0.694. The van der Waals surface area contributed by atoms with Crippen molar-refractivity contribution >= 4 is 0 Å². The van der Waals surface area contributed by atoms with E-state index >= 15 is 0 Å². The Balaban J connectivity index is 2.56. The first kappa shape index (κ1) is 13.0. The van der Waals surface area contributed by atoms with Crippen LogP contribution in [0, 0.1) is 11.8 Å². The molecule has 1 aliphatic rings. The minimum Gasteiger partial charge on any atom is -0.298 e. The fraction of sp³-hybridized carbons (Fsp3) is 1.00. The zero-order valence-corrected chi connectivity index (χ0v) is 10.7. The monoisotopic (exact) mass is 215 g/mol. The Labute approximate surface area is 94.0 Å². The Morgan fingerprint density at radius 3 is 2.40 bits per heavy atom. The maximum Gasteiger partial charge on any atom is 0.0909 e. The van der Waals surface area contributed by atoms with Crippen molar-refractivity contribution < 1.29 is 4.39 Å². The molecule has 1 fully saturated rings. The van der Waals surface area contributed by atoms with E-state index < -0.39 is 0 Å². The predicted octanol–water partition coefficient (Wildman–Crippen LogP) is 3.49. The van der Waals surface area contributed by atoms with Crippen LogP contribution in [0.1, 0.15) is 47.0 Å². The Kier molecular flexibility index (Phi) is 5.04. The molecule has 0 radical (unpaired) electrons. The van der Waals surface area contributed by atoms with E-state index in [0.29, 0.717) is 12.1 Å². The minimum atomic E-state index is -0.168. The second kappa shape index (κ2) is 5.83. The van der Waals surface area contributed by atoms with Crippen LogP contribution in [0.5, 0.6) is 0 Å². The molecule has 0 aromatic heterocycles. The smallest absolute Gasteiger partial charge is 0.0909 e. The van der Waals surface area contributed by atoms with Crippen LogP contribution < -0.4 is 0 Å². The molecule has 1 unspecified atom stereocenters. The number of halogens is 1. The highest BCUT2D eigenvalue weighted by atomic mass is 19.1. The molecule has 0 aromatic rings. The molecule has 0 bridgehead atoms. The van der Waals surface area contributed by atoms with Gasteiger partial charge < -0.3 is 0 Å². The minimum absolute atomic E-state index is 0.168.